The maximum Gasteiger partial charge on any atom is 0.111 e. The lowest BCUT2D eigenvalue weighted by atomic mass is 9.69. The van der Waals surface area contributed by atoms with Crippen LogP contribution in [0.25, 0.3) is 0 Å². The van der Waals surface area contributed by atoms with Crippen LogP contribution in [0, 0.1) is 0 Å². The Labute approximate surface area is 210 Å². The quantitative estimate of drug-likeness (QED) is 0.196. The maximum atomic E-state index is 11.0. The molecule has 0 amide bonds. The summed E-state index contributed by atoms with van der Waals surface area (Å²) in [4.78, 5) is 0. The number of hydrogen-bond acceptors (Lipinski definition) is 3. The van der Waals surface area contributed by atoms with Crippen LogP contribution in [-0.2, 0) is 4.74 Å². The van der Waals surface area contributed by atoms with Crippen LogP contribution >= 0.6 is 0 Å². The highest BCUT2D eigenvalue weighted by Crippen LogP contribution is 2.51. The zero-order valence-corrected chi connectivity index (χ0v) is 23.4. The summed E-state index contributed by atoms with van der Waals surface area (Å²) in [6.07, 6.45) is 18.6. The molecule has 196 valence electrons. The SMILES string of the molecule is CCCC/C=C(\C)CCCC(C)(O)CCCC1(C)CCC2=CC(O)C(C)=C(C)C2(CCCC)O1. The molecular weight excluding hydrogens is 420 g/mol. The van der Waals surface area contributed by atoms with Gasteiger partial charge in [-0.05, 0) is 122 Å². The van der Waals surface area contributed by atoms with Crippen molar-refractivity contribution >= 4 is 0 Å². The van der Waals surface area contributed by atoms with E-state index in [-0.39, 0.29) is 11.2 Å². The Balaban J connectivity index is 1.94. The Hall–Kier alpha value is -0.900. The van der Waals surface area contributed by atoms with Gasteiger partial charge in [0.05, 0.1) is 17.3 Å². The lowest BCUT2D eigenvalue weighted by Crippen LogP contribution is -2.51. The average molecular weight is 475 g/mol. The second-order valence-corrected chi connectivity index (χ2v) is 11.8. The van der Waals surface area contributed by atoms with Crippen molar-refractivity contribution < 1.29 is 14.9 Å². The van der Waals surface area contributed by atoms with E-state index in [9.17, 15) is 10.2 Å². The van der Waals surface area contributed by atoms with Crippen LogP contribution in [0.3, 0.4) is 0 Å². The van der Waals surface area contributed by atoms with Crippen LogP contribution < -0.4 is 0 Å². The predicted octanol–water partition coefficient (Wildman–Crippen LogP) is 8.35. The highest BCUT2D eigenvalue weighted by molar-refractivity contribution is 5.44. The summed E-state index contributed by atoms with van der Waals surface area (Å²) in [6, 6.07) is 0. The first-order chi connectivity index (χ1) is 16.0. The average Bonchev–Trinajstić information content (AvgIpc) is 2.77. The van der Waals surface area contributed by atoms with Gasteiger partial charge < -0.3 is 14.9 Å². The molecule has 2 rings (SSSR count). The molecule has 1 heterocycles. The summed E-state index contributed by atoms with van der Waals surface area (Å²) in [5.74, 6) is 0. The summed E-state index contributed by atoms with van der Waals surface area (Å²) >= 11 is 0. The van der Waals surface area contributed by atoms with E-state index < -0.39 is 11.7 Å². The lowest BCUT2D eigenvalue weighted by molar-refractivity contribution is -0.147. The van der Waals surface area contributed by atoms with Crippen molar-refractivity contribution in [3.63, 3.8) is 0 Å². The van der Waals surface area contributed by atoms with Crippen molar-refractivity contribution in [2.75, 3.05) is 0 Å². The zero-order valence-electron chi connectivity index (χ0n) is 23.4. The molecule has 3 heteroatoms. The smallest absolute Gasteiger partial charge is 0.111 e. The minimum absolute atomic E-state index is 0.191. The van der Waals surface area contributed by atoms with Crippen molar-refractivity contribution in [2.45, 2.75) is 161 Å². The van der Waals surface area contributed by atoms with Gasteiger partial charge in [0, 0.05) is 0 Å². The first-order valence-electron chi connectivity index (χ1n) is 14.1. The second-order valence-electron chi connectivity index (χ2n) is 11.8. The Bertz CT molecular complexity index is 744. The standard InChI is InChI=1S/C31H54O3/c1-8-10-12-15-24(3)16-13-18-29(6,33)19-14-20-30(7)22-17-27-23-28(32)25(4)26(5)31(27,34-30)21-11-9-2/h15,23,28,32-33H,8-14,16-22H2,1-7H3/b24-15+. The minimum Gasteiger partial charge on any atom is -0.390 e. The molecule has 34 heavy (non-hydrogen) atoms. The first-order valence-corrected chi connectivity index (χ1v) is 14.1. The minimum atomic E-state index is -0.610. The Morgan fingerprint density at radius 3 is 2.47 bits per heavy atom. The number of fused-ring (bicyclic) bond motifs is 1. The molecule has 1 aliphatic heterocycles. The van der Waals surface area contributed by atoms with E-state index >= 15 is 0 Å². The number of allylic oxidation sites excluding steroid dienone is 2. The molecule has 0 saturated carbocycles. The van der Waals surface area contributed by atoms with Gasteiger partial charge in [0.25, 0.3) is 0 Å². The normalized spacial score (nSPS) is 29.6. The Morgan fingerprint density at radius 1 is 1.12 bits per heavy atom. The van der Waals surface area contributed by atoms with E-state index in [1.54, 1.807) is 0 Å². The molecule has 0 radical (unpaired) electrons. The molecule has 0 aromatic rings. The van der Waals surface area contributed by atoms with Crippen LogP contribution in [0.15, 0.2) is 34.4 Å². The number of hydrogen-bond donors (Lipinski definition) is 2. The molecule has 1 aliphatic carbocycles. The van der Waals surface area contributed by atoms with Crippen LogP contribution in [0.2, 0.25) is 0 Å². The van der Waals surface area contributed by atoms with E-state index in [0.29, 0.717) is 0 Å². The highest BCUT2D eigenvalue weighted by Gasteiger charge is 2.49. The topological polar surface area (TPSA) is 49.7 Å². The molecule has 2 N–H and O–H groups in total. The Kier molecular flexibility index (Phi) is 11.1. The Morgan fingerprint density at radius 2 is 1.79 bits per heavy atom. The fourth-order valence-corrected chi connectivity index (χ4v) is 5.90. The van der Waals surface area contributed by atoms with Gasteiger partial charge in [-0.25, -0.2) is 0 Å². The zero-order chi connectivity index (χ0) is 25.4. The van der Waals surface area contributed by atoms with Gasteiger partial charge in [-0.1, -0.05) is 51.2 Å². The summed E-state index contributed by atoms with van der Waals surface area (Å²) < 4.78 is 7.05. The van der Waals surface area contributed by atoms with Gasteiger partial charge >= 0.3 is 0 Å². The van der Waals surface area contributed by atoms with Gasteiger partial charge in [0.15, 0.2) is 0 Å². The molecule has 0 spiro atoms. The van der Waals surface area contributed by atoms with E-state index in [1.165, 1.54) is 36.0 Å². The maximum absolute atomic E-state index is 11.0. The molecular formula is C31H54O3. The van der Waals surface area contributed by atoms with Crippen molar-refractivity contribution in [1.82, 2.24) is 0 Å². The van der Waals surface area contributed by atoms with Crippen molar-refractivity contribution in [2.24, 2.45) is 0 Å². The van der Waals surface area contributed by atoms with Gasteiger partial charge in [0.2, 0.25) is 0 Å². The number of rotatable bonds is 14. The van der Waals surface area contributed by atoms with Crippen LogP contribution in [0.4, 0.5) is 0 Å². The number of aliphatic hydroxyl groups excluding tert-OH is 1. The summed E-state index contributed by atoms with van der Waals surface area (Å²) in [5.41, 5.74) is 3.85. The van der Waals surface area contributed by atoms with Crippen molar-refractivity contribution in [3.8, 4) is 0 Å². The van der Waals surface area contributed by atoms with Crippen molar-refractivity contribution in [3.05, 3.63) is 34.4 Å². The molecule has 1 fully saturated rings. The number of unbranched alkanes of at least 4 members (excludes halogenated alkanes) is 3. The number of ether oxygens (including phenoxy) is 1. The molecule has 2 aliphatic rings. The summed E-state index contributed by atoms with van der Waals surface area (Å²) in [5, 5.41) is 21.5. The molecule has 4 atom stereocenters. The predicted molar refractivity (Wildman–Crippen MR) is 145 cm³/mol. The van der Waals surface area contributed by atoms with Crippen LogP contribution in [-0.4, -0.2) is 33.1 Å². The van der Waals surface area contributed by atoms with Crippen LogP contribution in [0.1, 0.15) is 138 Å². The largest absolute Gasteiger partial charge is 0.390 e. The monoisotopic (exact) mass is 474 g/mol. The third kappa shape index (κ3) is 7.80. The van der Waals surface area contributed by atoms with Gasteiger partial charge in [-0.3, -0.25) is 0 Å². The van der Waals surface area contributed by atoms with E-state index in [2.05, 4.69) is 46.8 Å². The summed E-state index contributed by atoms with van der Waals surface area (Å²) in [7, 11) is 0. The van der Waals surface area contributed by atoms with E-state index in [4.69, 9.17) is 4.74 Å². The van der Waals surface area contributed by atoms with Crippen molar-refractivity contribution in [1.29, 1.82) is 0 Å². The molecule has 0 bridgehead atoms. The third-order valence-corrected chi connectivity index (χ3v) is 8.50. The fraction of sp³-hybridized carbons (Fsp3) is 0.806. The molecule has 3 nitrogen and oxygen atoms in total. The summed E-state index contributed by atoms with van der Waals surface area (Å²) in [6.45, 7) is 15.2. The van der Waals surface area contributed by atoms with Gasteiger partial charge in [-0.2, -0.15) is 0 Å². The lowest BCUT2D eigenvalue weighted by Gasteiger charge is -2.52. The first kappa shape index (κ1) is 29.3. The molecule has 4 unspecified atom stereocenters. The number of aliphatic hydroxyl groups is 2. The second kappa shape index (κ2) is 12.9. The molecule has 1 saturated heterocycles. The van der Waals surface area contributed by atoms with Gasteiger partial charge in [0.1, 0.15) is 5.60 Å². The fourth-order valence-electron chi connectivity index (χ4n) is 5.90. The highest BCUT2D eigenvalue weighted by atomic mass is 16.5. The van der Waals surface area contributed by atoms with E-state index in [1.807, 2.05) is 13.8 Å². The van der Waals surface area contributed by atoms with Crippen LogP contribution in [0.5, 0.6) is 0 Å². The molecule has 0 aromatic heterocycles. The van der Waals surface area contributed by atoms with E-state index in [0.717, 1.165) is 76.2 Å². The van der Waals surface area contributed by atoms with Gasteiger partial charge in [-0.15, -0.1) is 0 Å². The third-order valence-electron chi connectivity index (χ3n) is 8.50. The molecule has 0 aromatic carbocycles.